The quantitative estimate of drug-likeness (QED) is 0.648. The Morgan fingerprint density at radius 3 is 2.38 bits per heavy atom. The van der Waals surface area contributed by atoms with Crippen molar-refractivity contribution in [2.75, 3.05) is 18.5 Å². The maximum atomic E-state index is 12.6. The summed E-state index contributed by atoms with van der Waals surface area (Å²) in [5.74, 6) is 1.11. The Labute approximate surface area is 156 Å². The molecule has 0 heterocycles. The summed E-state index contributed by atoms with van der Waals surface area (Å²) in [7, 11) is 0. The van der Waals surface area contributed by atoms with Crippen molar-refractivity contribution in [1.82, 2.24) is 0 Å². The van der Waals surface area contributed by atoms with E-state index in [2.05, 4.69) is 27.9 Å². The summed E-state index contributed by atoms with van der Waals surface area (Å²) >= 11 is 2.16. The van der Waals surface area contributed by atoms with Crippen LogP contribution >= 0.6 is 22.6 Å². The highest BCUT2D eigenvalue weighted by Gasteiger charge is 2.16. The topological polar surface area (TPSA) is 47.6 Å². The van der Waals surface area contributed by atoms with Crippen molar-refractivity contribution >= 4 is 34.2 Å². The molecule has 1 amide bonds. The van der Waals surface area contributed by atoms with E-state index in [1.807, 2.05) is 52.0 Å². The lowest BCUT2D eigenvalue weighted by molar-refractivity contribution is 0.102. The summed E-state index contributed by atoms with van der Waals surface area (Å²) in [6, 6.07) is 9.41. The van der Waals surface area contributed by atoms with Gasteiger partial charge in [-0.15, -0.1) is 0 Å². The summed E-state index contributed by atoms with van der Waals surface area (Å²) < 4.78 is 12.1. The van der Waals surface area contributed by atoms with Gasteiger partial charge in [-0.3, -0.25) is 4.79 Å². The maximum Gasteiger partial charge on any atom is 0.255 e. The normalized spacial score (nSPS) is 10.4. The second-order valence-electron chi connectivity index (χ2n) is 5.40. The van der Waals surface area contributed by atoms with Crippen LogP contribution in [0.25, 0.3) is 0 Å². The number of hydrogen-bond acceptors (Lipinski definition) is 3. The summed E-state index contributed by atoms with van der Waals surface area (Å²) in [6.45, 7) is 8.96. The minimum Gasteiger partial charge on any atom is -0.490 e. The number of nitrogens with one attached hydrogen (secondary N) is 1. The van der Waals surface area contributed by atoms with Gasteiger partial charge in [0.1, 0.15) is 0 Å². The molecule has 0 atom stereocenters. The lowest BCUT2D eigenvalue weighted by atomic mass is 10.1. The van der Waals surface area contributed by atoms with Gasteiger partial charge in [-0.05, 0) is 85.7 Å². The number of anilines is 1. The van der Waals surface area contributed by atoms with Crippen LogP contribution in [0.2, 0.25) is 0 Å². The van der Waals surface area contributed by atoms with Crippen molar-refractivity contribution in [2.24, 2.45) is 0 Å². The lowest BCUT2D eigenvalue weighted by Crippen LogP contribution is -2.13. The fourth-order valence-corrected chi connectivity index (χ4v) is 3.03. The van der Waals surface area contributed by atoms with Gasteiger partial charge in [0.15, 0.2) is 11.5 Å². The van der Waals surface area contributed by atoms with Gasteiger partial charge in [0, 0.05) is 11.3 Å². The predicted molar refractivity (Wildman–Crippen MR) is 105 cm³/mol. The van der Waals surface area contributed by atoms with E-state index >= 15 is 0 Å². The van der Waals surface area contributed by atoms with E-state index in [9.17, 15) is 4.79 Å². The third kappa shape index (κ3) is 4.41. The van der Waals surface area contributed by atoms with E-state index in [1.165, 1.54) is 5.56 Å². The molecule has 4 nitrogen and oxygen atoms in total. The molecule has 0 fully saturated rings. The largest absolute Gasteiger partial charge is 0.490 e. The van der Waals surface area contributed by atoms with Crippen LogP contribution in [-0.2, 0) is 0 Å². The first-order valence-corrected chi connectivity index (χ1v) is 9.01. The molecular weight excluding hydrogens is 417 g/mol. The molecule has 2 aromatic carbocycles. The summed E-state index contributed by atoms with van der Waals surface area (Å²) in [6.07, 6.45) is 0. The van der Waals surface area contributed by atoms with Crippen LogP contribution in [0, 0.1) is 17.4 Å². The molecule has 0 spiro atoms. The van der Waals surface area contributed by atoms with E-state index in [1.54, 1.807) is 6.07 Å². The molecule has 0 radical (unpaired) electrons. The Balaban J connectivity index is 2.29. The summed E-state index contributed by atoms with van der Waals surface area (Å²) in [4.78, 5) is 12.6. The molecule has 2 aromatic rings. The van der Waals surface area contributed by atoms with Crippen LogP contribution in [0.3, 0.4) is 0 Å². The van der Waals surface area contributed by atoms with Crippen LogP contribution in [0.4, 0.5) is 5.69 Å². The van der Waals surface area contributed by atoms with Crippen molar-refractivity contribution in [3.05, 3.63) is 50.6 Å². The standard InChI is InChI=1S/C19H22INO3/c1-5-23-17-11-14(10-16(20)18(17)24-6-2)19(22)21-15-8-7-12(3)13(4)9-15/h7-11H,5-6H2,1-4H3,(H,21,22). The summed E-state index contributed by atoms with van der Waals surface area (Å²) in [5, 5.41) is 2.94. The van der Waals surface area contributed by atoms with Gasteiger partial charge in [0.05, 0.1) is 16.8 Å². The van der Waals surface area contributed by atoms with E-state index in [0.29, 0.717) is 30.3 Å². The van der Waals surface area contributed by atoms with E-state index in [4.69, 9.17) is 9.47 Å². The number of hydrogen-bond donors (Lipinski definition) is 1. The van der Waals surface area contributed by atoms with Gasteiger partial charge in [0.2, 0.25) is 0 Å². The zero-order valence-electron chi connectivity index (χ0n) is 14.4. The number of aryl methyl sites for hydroxylation is 2. The molecule has 0 aliphatic heterocycles. The minimum absolute atomic E-state index is 0.167. The molecule has 5 heteroatoms. The number of benzene rings is 2. The van der Waals surface area contributed by atoms with Crippen molar-refractivity contribution < 1.29 is 14.3 Å². The predicted octanol–water partition coefficient (Wildman–Crippen LogP) is 4.96. The van der Waals surface area contributed by atoms with Crippen LogP contribution in [0.15, 0.2) is 30.3 Å². The van der Waals surface area contributed by atoms with Crippen molar-refractivity contribution in [1.29, 1.82) is 0 Å². The van der Waals surface area contributed by atoms with Crippen LogP contribution < -0.4 is 14.8 Å². The molecule has 24 heavy (non-hydrogen) atoms. The molecule has 0 saturated carbocycles. The fourth-order valence-electron chi connectivity index (χ4n) is 2.27. The van der Waals surface area contributed by atoms with Gasteiger partial charge in [-0.2, -0.15) is 0 Å². The average molecular weight is 439 g/mol. The number of halogens is 1. The zero-order chi connectivity index (χ0) is 17.7. The smallest absolute Gasteiger partial charge is 0.255 e. The molecule has 1 N–H and O–H groups in total. The Morgan fingerprint density at radius 1 is 1.04 bits per heavy atom. The monoisotopic (exact) mass is 439 g/mol. The molecule has 0 aliphatic rings. The minimum atomic E-state index is -0.167. The van der Waals surface area contributed by atoms with Crippen molar-refractivity contribution in [2.45, 2.75) is 27.7 Å². The lowest BCUT2D eigenvalue weighted by Gasteiger charge is -2.15. The molecule has 0 saturated heterocycles. The molecule has 0 aromatic heterocycles. The first-order valence-electron chi connectivity index (χ1n) is 7.94. The van der Waals surface area contributed by atoms with Gasteiger partial charge in [-0.1, -0.05) is 6.07 Å². The SMILES string of the molecule is CCOc1cc(C(=O)Nc2ccc(C)c(C)c2)cc(I)c1OCC. The van der Waals surface area contributed by atoms with E-state index in [-0.39, 0.29) is 5.91 Å². The van der Waals surface area contributed by atoms with Crippen molar-refractivity contribution in [3.8, 4) is 11.5 Å². The number of rotatable bonds is 6. The average Bonchev–Trinajstić information content (AvgIpc) is 2.54. The molecule has 0 bridgehead atoms. The van der Waals surface area contributed by atoms with E-state index < -0.39 is 0 Å². The second-order valence-corrected chi connectivity index (χ2v) is 6.57. The molecule has 0 aliphatic carbocycles. The number of amides is 1. The maximum absolute atomic E-state index is 12.6. The third-order valence-corrected chi connectivity index (χ3v) is 4.43. The zero-order valence-corrected chi connectivity index (χ0v) is 16.6. The molecule has 128 valence electrons. The van der Waals surface area contributed by atoms with Crippen LogP contribution in [0.1, 0.15) is 35.3 Å². The summed E-state index contributed by atoms with van der Waals surface area (Å²) in [5.41, 5.74) is 3.67. The Morgan fingerprint density at radius 2 is 1.75 bits per heavy atom. The number of carbonyl (C=O) groups is 1. The Bertz CT molecular complexity index is 744. The fraction of sp³-hybridized carbons (Fsp3) is 0.316. The molecule has 0 unspecified atom stereocenters. The van der Waals surface area contributed by atoms with Gasteiger partial charge < -0.3 is 14.8 Å². The highest BCUT2D eigenvalue weighted by Crippen LogP contribution is 2.34. The molecular formula is C19H22INO3. The highest BCUT2D eigenvalue weighted by molar-refractivity contribution is 14.1. The second kappa shape index (κ2) is 8.37. The van der Waals surface area contributed by atoms with E-state index in [0.717, 1.165) is 14.8 Å². The number of carbonyl (C=O) groups excluding carboxylic acids is 1. The molecule has 2 rings (SSSR count). The van der Waals surface area contributed by atoms with Gasteiger partial charge in [0.25, 0.3) is 5.91 Å². The van der Waals surface area contributed by atoms with Crippen LogP contribution in [0.5, 0.6) is 11.5 Å². The van der Waals surface area contributed by atoms with Crippen LogP contribution in [-0.4, -0.2) is 19.1 Å². The first kappa shape index (κ1) is 18.6. The Kier molecular flexibility index (Phi) is 6.48. The Hall–Kier alpha value is -1.76. The highest BCUT2D eigenvalue weighted by atomic mass is 127. The third-order valence-electron chi connectivity index (χ3n) is 3.63. The van der Waals surface area contributed by atoms with Crippen molar-refractivity contribution in [3.63, 3.8) is 0 Å². The van der Waals surface area contributed by atoms with Gasteiger partial charge >= 0.3 is 0 Å². The number of ether oxygens (including phenoxy) is 2. The van der Waals surface area contributed by atoms with Gasteiger partial charge in [-0.25, -0.2) is 0 Å². The first-order chi connectivity index (χ1) is 11.5.